The van der Waals surface area contributed by atoms with E-state index >= 15 is 0 Å². The Hall–Kier alpha value is -6.01. The van der Waals surface area contributed by atoms with E-state index in [2.05, 4.69) is 17.1 Å². The Morgan fingerprint density at radius 1 is 0.825 bits per heavy atom. The topological polar surface area (TPSA) is 97.3 Å². The number of hydrogen-bond acceptors (Lipinski definition) is 6. The molecule has 324 valence electrons. The van der Waals surface area contributed by atoms with Crippen molar-refractivity contribution >= 4 is 35.1 Å². The molecule has 2 aliphatic rings. The number of halogens is 5. The Kier molecular flexibility index (Phi) is 13.0. The van der Waals surface area contributed by atoms with Crippen LogP contribution in [0.25, 0.3) is 11.1 Å². The van der Waals surface area contributed by atoms with Crippen LogP contribution in [0.4, 0.5) is 13.2 Å². The van der Waals surface area contributed by atoms with Crippen LogP contribution >= 0.6 is 23.2 Å². The van der Waals surface area contributed by atoms with Crippen molar-refractivity contribution in [2.75, 3.05) is 6.61 Å². The fourth-order valence-corrected chi connectivity index (χ4v) is 8.53. The largest absolute Gasteiger partial charge is 0.489 e. The van der Waals surface area contributed by atoms with Crippen LogP contribution in [0.5, 0.6) is 17.2 Å². The van der Waals surface area contributed by atoms with Gasteiger partial charge < -0.3 is 24.6 Å². The minimum absolute atomic E-state index is 0.00188. The van der Waals surface area contributed by atoms with Crippen LogP contribution in [0.2, 0.25) is 10.0 Å². The van der Waals surface area contributed by atoms with Crippen molar-refractivity contribution in [2.24, 2.45) is 0 Å². The van der Waals surface area contributed by atoms with Gasteiger partial charge in [-0.1, -0.05) is 115 Å². The quantitative estimate of drug-likeness (QED) is 0.119. The molecule has 8 rings (SSSR count). The molecule has 0 saturated heterocycles. The van der Waals surface area contributed by atoms with Gasteiger partial charge >= 0.3 is 12.1 Å². The average molecular weight is 896 g/mol. The standard InChI is InChI=1S/C50H43Cl2F3N2O6/c1-2-43(34-6-4-3-5-7-34)57-27-37-26-46-45(62-29-47(63-46)35-15-19-39(20-16-35)61-28-31-10-21-40(51)41(52)22-31)25-36(37)24-44(57)48(58)56-42(49(59)60)23-30-8-11-32(12-9-30)33-13-17-38(18-14-33)50(53,54)55/h3-22,25-26,42-44,47H,2,23-24,27-29H2,1H3,(H,56,58)(H,59,60)/t42-,43-,44-,47?/m0/s1. The van der Waals surface area contributed by atoms with Gasteiger partial charge in [-0.2, -0.15) is 13.2 Å². The normalized spacial score (nSPS) is 17.0. The second-order valence-electron chi connectivity index (χ2n) is 15.7. The summed E-state index contributed by atoms with van der Waals surface area (Å²) in [6.45, 7) is 3.06. The molecule has 0 radical (unpaired) electrons. The minimum atomic E-state index is -4.44. The molecule has 0 aliphatic carbocycles. The fourth-order valence-electron chi connectivity index (χ4n) is 8.21. The van der Waals surface area contributed by atoms with E-state index in [9.17, 15) is 27.9 Å². The smallest absolute Gasteiger partial charge is 0.416 e. The van der Waals surface area contributed by atoms with Crippen molar-refractivity contribution in [3.05, 3.63) is 182 Å². The van der Waals surface area contributed by atoms with Crippen molar-refractivity contribution in [3.63, 3.8) is 0 Å². The van der Waals surface area contributed by atoms with Gasteiger partial charge in [0.1, 0.15) is 25.0 Å². The number of nitrogens with one attached hydrogen (secondary N) is 1. The van der Waals surface area contributed by atoms with Crippen molar-refractivity contribution in [1.29, 1.82) is 0 Å². The number of carbonyl (C=O) groups is 2. The van der Waals surface area contributed by atoms with E-state index in [-0.39, 0.29) is 25.2 Å². The van der Waals surface area contributed by atoms with Crippen molar-refractivity contribution in [3.8, 4) is 28.4 Å². The molecule has 0 bridgehead atoms. The lowest BCUT2D eigenvalue weighted by atomic mass is 9.89. The van der Waals surface area contributed by atoms with E-state index in [4.69, 9.17) is 37.4 Å². The predicted molar refractivity (Wildman–Crippen MR) is 235 cm³/mol. The van der Waals surface area contributed by atoms with E-state index in [0.717, 1.165) is 39.9 Å². The van der Waals surface area contributed by atoms with Gasteiger partial charge in [-0.05, 0) is 106 Å². The van der Waals surface area contributed by atoms with Gasteiger partial charge in [-0.25, -0.2) is 4.79 Å². The molecule has 6 aromatic carbocycles. The maximum absolute atomic E-state index is 14.4. The van der Waals surface area contributed by atoms with Gasteiger partial charge in [-0.3, -0.25) is 9.69 Å². The molecule has 6 aromatic rings. The van der Waals surface area contributed by atoms with Crippen LogP contribution in [0.1, 0.15) is 64.4 Å². The van der Waals surface area contributed by atoms with Crippen molar-refractivity contribution in [1.82, 2.24) is 10.2 Å². The molecule has 2 heterocycles. The molecule has 2 N–H and O–H groups in total. The SMILES string of the molecule is CC[C@@H](c1ccccc1)N1Cc2cc3c(cc2C[C@H]1C(=O)N[C@@H](Cc1ccc(-c2ccc(C(F)(F)F)cc2)cc1)C(=O)O)OCC(c1ccc(OCc2ccc(Cl)c(Cl)c2)cc1)O3. The Balaban J connectivity index is 0.980. The number of carbonyl (C=O) groups excluding carboxylic acids is 1. The third kappa shape index (κ3) is 10.1. The summed E-state index contributed by atoms with van der Waals surface area (Å²) in [7, 11) is 0. The summed E-state index contributed by atoms with van der Waals surface area (Å²) in [5, 5.41) is 14.1. The summed E-state index contributed by atoms with van der Waals surface area (Å²) < 4.78 is 58.1. The van der Waals surface area contributed by atoms with Gasteiger partial charge in [0.25, 0.3) is 0 Å². The molecule has 0 aromatic heterocycles. The lowest BCUT2D eigenvalue weighted by Crippen LogP contribution is -2.55. The molecule has 1 amide bonds. The van der Waals surface area contributed by atoms with Crippen LogP contribution in [-0.2, 0) is 41.8 Å². The summed E-state index contributed by atoms with van der Waals surface area (Å²) in [6.07, 6.45) is -3.81. The number of ether oxygens (including phenoxy) is 3. The van der Waals surface area contributed by atoms with Crippen LogP contribution in [-0.4, -0.2) is 40.6 Å². The Morgan fingerprint density at radius 3 is 2.14 bits per heavy atom. The van der Waals surface area contributed by atoms with Crippen LogP contribution in [0.3, 0.4) is 0 Å². The molecule has 0 spiro atoms. The fraction of sp³-hybridized carbons (Fsp3) is 0.240. The highest BCUT2D eigenvalue weighted by Gasteiger charge is 2.39. The zero-order valence-corrected chi connectivity index (χ0v) is 35.6. The van der Waals surface area contributed by atoms with Gasteiger partial charge in [-0.15, -0.1) is 0 Å². The predicted octanol–water partition coefficient (Wildman–Crippen LogP) is 11.5. The van der Waals surface area contributed by atoms with Gasteiger partial charge in [0, 0.05) is 19.0 Å². The minimum Gasteiger partial charge on any atom is -0.489 e. The zero-order chi connectivity index (χ0) is 44.3. The second kappa shape index (κ2) is 18.8. The van der Waals surface area contributed by atoms with Gasteiger partial charge in [0.2, 0.25) is 5.91 Å². The molecule has 8 nitrogen and oxygen atoms in total. The summed E-state index contributed by atoms with van der Waals surface area (Å²) in [6, 6.07) is 36.5. The Morgan fingerprint density at radius 2 is 1.49 bits per heavy atom. The second-order valence-corrected chi connectivity index (χ2v) is 16.5. The third-order valence-electron chi connectivity index (χ3n) is 11.6. The van der Waals surface area contributed by atoms with Crippen molar-refractivity contribution in [2.45, 2.75) is 69.7 Å². The first-order valence-electron chi connectivity index (χ1n) is 20.6. The van der Waals surface area contributed by atoms with Gasteiger partial charge in [0.05, 0.1) is 21.7 Å². The number of amides is 1. The number of alkyl halides is 3. The first-order valence-corrected chi connectivity index (χ1v) is 21.3. The Labute approximate surface area is 373 Å². The van der Waals surface area contributed by atoms with E-state index in [1.807, 2.05) is 72.8 Å². The molecule has 13 heteroatoms. The summed E-state index contributed by atoms with van der Waals surface area (Å²) in [5.41, 5.74) is 5.90. The number of benzene rings is 6. The van der Waals surface area contributed by atoms with Crippen LogP contribution < -0.4 is 19.5 Å². The highest BCUT2D eigenvalue weighted by Crippen LogP contribution is 2.43. The lowest BCUT2D eigenvalue weighted by molar-refractivity contribution is -0.143. The molecular formula is C50H43Cl2F3N2O6. The number of carboxylic acid groups (broad SMARTS) is 1. The van der Waals surface area contributed by atoms with E-state index in [0.29, 0.717) is 70.0 Å². The summed E-state index contributed by atoms with van der Waals surface area (Å²) >= 11 is 12.2. The number of aliphatic carboxylic acids is 1. The van der Waals surface area contributed by atoms with Crippen LogP contribution in [0, 0.1) is 0 Å². The molecule has 1 unspecified atom stereocenters. The van der Waals surface area contributed by atoms with E-state index < -0.39 is 35.7 Å². The number of hydrogen-bond donors (Lipinski definition) is 2. The number of fused-ring (bicyclic) bond motifs is 2. The first-order chi connectivity index (χ1) is 30.3. The summed E-state index contributed by atoms with van der Waals surface area (Å²) in [4.78, 5) is 29.2. The Bertz CT molecular complexity index is 2570. The molecule has 63 heavy (non-hydrogen) atoms. The van der Waals surface area contributed by atoms with Crippen LogP contribution in [0.15, 0.2) is 133 Å². The monoisotopic (exact) mass is 894 g/mol. The lowest BCUT2D eigenvalue weighted by Gasteiger charge is -2.42. The number of nitrogens with zero attached hydrogens (tertiary/aromatic N) is 1. The maximum atomic E-state index is 14.4. The average Bonchev–Trinajstić information content (AvgIpc) is 3.29. The molecule has 0 saturated carbocycles. The molecule has 4 atom stereocenters. The van der Waals surface area contributed by atoms with E-state index in [1.165, 1.54) is 12.1 Å². The zero-order valence-electron chi connectivity index (χ0n) is 34.1. The van der Waals surface area contributed by atoms with Gasteiger partial charge in [0.15, 0.2) is 17.6 Å². The number of carboxylic acids is 1. The maximum Gasteiger partial charge on any atom is 0.416 e. The third-order valence-corrected chi connectivity index (χ3v) is 12.3. The molecule has 2 aliphatic heterocycles. The first kappa shape index (κ1) is 43.6. The van der Waals surface area contributed by atoms with E-state index in [1.54, 1.807) is 36.4 Å². The highest BCUT2D eigenvalue weighted by atomic mass is 35.5. The highest BCUT2D eigenvalue weighted by molar-refractivity contribution is 6.42. The number of rotatable bonds is 13. The molecule has 0 fully saturated rings. The summed E-state index contributed by atoms with van der Waals surface area (Å²) in [5.74, 6) is 0.242. The molecular weight excluding hydrogens is 852 g/mol. The van der Waals surface area contributed by atoms with Crippen molar-refractivity contribution < 1.29 is 42.1 Å².